The zero-order chi connectivity index (χ0) is 13.5. The Morgan fingerprint density at radius 1 is 1.00 bits per heavy atom. The van der Waals surface area contributed by atoms with Crippen molar-refractivity contribution in [2.24, 2.45) is 0 Å². The first-order chi connectivity index (χ1) is 9.28. The van der Waals surface area contributed by atoms with Gasteiger partial charge in [0.1, 0.15) is 5.75 Å². The minimum Gasteiger partial charge on any atom is -0.497 e. The fourth-order valence-corrected chi connectivity index (χ4v) is 1.71. The molecule has 1 aromatic heterocycles. The summed E-state index contributed by atoms with van der Waals surface area (Å²) in [5.74, 6) is 0.877. The van der Waals surface area contributed by atoms with E-state index in [0.29, 0.717) is 0 Å². The molecule has 2 heteroatoms. The first kappa shape index (κ1) is 13.1. The lowest BCUT2D eigenvalue weighted by atomic mass is 10.1. The van der Waals surface area contributed by atoms with Crippen molar-refractivity contribution in [1.29, 1.82) is 0 Å². The Balaban J connectivity index is 2.08. The fourth-order valence-electron chi connectivity index (χ4n) is 1.71. The molecule has 0 spiro atoms. The molecule has 0 aliphatic carbocycles. The number of methoxy groups -OCH3 is 1. The molecule has 0 N–H and O–H groups in total. The van der Waals surface area contributed by atoms with E-state index < -0.39 is 0 Å². The summed E-state index contributed by atoms with van der Waals surface area (Å²) in [4.78, 5) is 4.00. The Bertz CT molecular complexity index is 568. The average molecular weight is 251 g/mol. The number of benzene rings is 1. The molecule has 0 aliphatic heterocycles. The van der Waals surface area contributed by atoms with Crippen LogP contribution in [0, 0.1) is 0 Å². The Morgan fingerprint density at radius 2 is 1.68 bits per heavy atom. The Morgan fingerprint density at radius 3 is 2.32 bits per heavy atom. The third kappa shape index (κ3) is 4.11. The zero-order valence-electron chi connectivity index (χ0n) is 11.2. The van der Waals surface area contributed by atoms with Crippen LogP contribution in [-0.2, 0) is 0 Å². The molecule has 2 rings (SSSR count). The van der Waals surface area contributed by atoms with E-state index in [4.69, 9.17) is 4.74 Å². The molecule has 0 unspecified atom stereocenters. The van der Waals surface area contributed by atoms with Gasteiger partial charge in [0.25, 0.3) is 0 Å². The van der Waals surface area contributed by atoms with Crippen LogP contribution in [-0.4, -0.2) is 12.1 Å². The first-order valence-electron chi connectivity index (χ1n) is 6.18. The molecular formula is C17H17NO. The van der Waals surface area contributed by atoms with E-state index in [1.54, 1.807) is 19.5 Å². The van der Waals surface area contributed by atoms with Crippen LogP contribution in [0.25, 0.3) is 12.2 Å². The molecule has 0 saturated carbocycles. The third-order valence-electron chi connectivity index (χ3n) is 2.75. The lowest BCUT2D eigenvalue weighted by molar-refractivity contribution is 0.415. The highest BCUT2D eigenvalue weighted by atomic mass is 16.5. The van der Waals surface area contributed by atoms with Crippen LogP contribution >= 0.6 is 0 Å². The summed E-state index contributed by atoms with van der Waals surface area (Å²) in [6.07, 6.45) is 9.90. The van der Waals surface area contributed by atoms with E-state index in [-0.39, 0.29) is 0 Å². The minimum atomic E-state index is 0.877. The van der Waals surface area contributed by atoms with Crippen molar-refractivity contribution in [3.8, 4) is 5.75 Å². The number of hydrogen-bond acceptors (Lipinski definition) is 2. The second-order valence-corrected chi connectivity index (χ2v) is 4.28. The van der Waals surface area contributed by atoms with Gasteiger partial charge in [-0.1, -0.05) is 35.9 Å². The predicted octanol–water partition coefficient (Wildman–Crippen LogP) is 4.21. The van der Waals surface area contributed by atoms with Gasteiger partial charge in [-0.05, 0) is 42.3 Å². The predicted molar refractivity (Wildman–Crippen MR) is 79.9 cm³/mol. The van der Waals surface area contributed by atoms with Crippen LogP contribution in [0.4, 0.5) is 0 Å². The van der Waals surface area contributed by atoms with Gasteiger partial charge in [0.15, 0.2) is 0 Å². The van der Waals surface area contributed by atoms with E-state index in [1.807, 2.05) is 36.4 Å². The molecule has 2 nitrogen and oxygen atoms in total. The number of ether oxygens (including phenoxy) is 1. The molecular weight excluding hydrogens is 234 g/mol. The lowest BCUT2D eigenvalue weighted by Gasteiger charge is -2.00. The maximum atomic E-state index is 5.14. The Hall–Kier alpha value is -2.35. The molecule has 0 aliphatic rings. The van der Waals surface area contributed by atoms with Crippen LogP contribution in [0.3, 0.4) is 0 Å². The van der Waals surface area contributed by atoms with Crippen LogP contribution in [0.2, 0.25) is 0 Å². The van der Waals surface area contributed by atoms with E-state index in [9.17, 15) is 0 Å². The number of rotatable bonds is 4. The normalized spacial score (nSPS) is 11.8. The van der Waals surface area contributed by atoms with Gasteiger partial charge in [-0.2, -0.15) is 0 Å². The van der Waals surface area contributed by atoms with Gasteiger partial charge < -0.3 is 4.74 Å². The standard InChI is InChI=1S/C17H17NO/c1-14(3-4-15-9-11-18-12-10-15)13-16-5-7-17(19-2)8-6-16/h3-13H,1-2H3/b4-3+,14-13+. The second-order valence-electron chi connectivity index (χ2n) is 4.28. The van der Waals surface area contributed by atoms with E-state index >= 15 is 0 Å². The lowest BCUT2D eigenvalue weighted by Crippen LogP contribution is -1.81. The fraction of sp³-hybridized carbons (Fsp3) is 0.118. The van der Waals surface area contributed by atoms with Gasteiger partial charge >= 0.3 is 0 Å². The van der Waals surface area contributed by atoms with Crippen molar-refractivity contribution in [3.05, 3.63) is 71.6 Å². The van der Waals surface area contributed by atoms with Crippen molar-refractivity contribution in [1.82, 2.24) is 4.98 Å². The number of hydrogen-bond donors (Lipinski definition) is 0. The molecule has 0 bridgehead atoms. The van der Waals surface area contributed by atoms with Crippen LogP contribution in [0.1, 0.15) is 18.1 Å². The maximum Gasteiger partial charge on any atom is 0.118 e. The monoisotopic (exact) mass is 251 g/mol. The van der Waals surface area contributed by atoms with Gasteiger partial charge in [-0.3, -0.25) is 4.98 Å². The van der Waals surface area contributed by atoms with Crippen molar-refractivity contribution in [2.75, 3.05) is 7.11 Å². The molecule has 19 heavy (non-hydrogen) atoms. The topological polar surface area (TPSA) is 22.1 Å². The van der Waals surface area contributed by atoms with E-state index in [1.165, 1.54) is 5.57 Å². The summed E-state index contributed by atoms with van der Waals surface area (Å²) in [5, 5.41) is 0. The van der Waals surface area contributed by atoms with Crippen LogP contribution in [0.5, 0.6) is 5.75 Å². The summed E-state index contributed by atoms with van der Waals surface area (Å²) in [6.45, 7) is 2.09. The molecule has 0 fully saturated rings. The summed E-state index contributed by atoms with van der Waals surface area (Å²) in [7, 11) is 1.67. The smallest absolute Gasteiger partial charge is 0.118 e. The maximum absolute atomic E-state index is 5.14. The van der Waals surface area contributed by atoms with Gasteiger partial charge in [-0.15, -0.1) is 0 Å². The molecule has 0 atom stereocenters. The highest BCUT2D eigenvalue weighted by Gasteiger charge is 1.91. The largest absolute Gasteiger partial charge is 0.497 e. The molecule has 2 aromatic rings. The van der Waals surface area contributed by atoms with Crippen molar-refractivity contribution in [3.63, 3.8) is 0 Å². The molecule has 1 aromatic carbocycles. The second kappa shape index (κ2) is 6.55. The molecule has 0 amide bonds. The minimum absolute atomic E-state index is 0.877. The SMILES string of the molecule is COc1ccc(/C=C(C)/C=C/c2ccncc2)cc1. The summed E-state index contributed by atoms with van der Waals surface area (Å²) in [5.41, 5.74) is 3.51. The summed E-state index contributed by atoms with van der Waals surface area (Å²) in [6, 6.07) is 12.0. The summed E-state index contributed by atoms with van der Waals surface area (Å²) < 4.78 is 5.14. The van der Waals surface area contributed by atoms with Crippen molar-refractivity contribution in [2.45, 2.75) is 6.92 Å². The molecule has 96 valence electrons. The van der Waals surface area contributed by atoms with Crippen LogP contribution < -0.4 is 4.74 Å². The first-order valence-corrected chi connectivity index (χ1v) is 6.18. The Kier molecular flexibility index (Phi) is 4.51. The van der Waals surface area contributed by atoms with Crippen molar-refractivity contribution < 1.29 is 4.74 Å². The quantitative estimate of drug-likeness (QED) is 0.759. The van der Waals surface area contributed by atoms with E-state index in [0.717, 1.165) is 16.9 Å². The summed E-state index contributed by atoms with van der Waals surface area (Å²) >= 11 is 0. The number of pyridine rings is 1. The van der Waals surface area contributed by atoms with E-state index in [2.05, 4.69) is 30.1 Å². The van der Waals surface area contributed by atoms with Gasteiger partial charge in [0.2, 0.25) is 0 Å². The third-order valence-corrected chi connectivity index (χ3v) is 2.75. The average Bonchev–Trinajstić information content (AvgIpc) is 2.47. The highest BCUT2D eigenvalue weighted by Crippen LogP contribution is 2.14. The number of aromatic nitrogens is 1. The molecule has 1 heterocycles. The van der Waals surface area contributed by atoms with Gasteiger partial charge in [0, 0.05) is 12.4 Å². The number of nitrogens with zero attached hydrogens (tertiary/aromatic N) is 1. The molecule has 0 saturated heterocycles. The Labute approximate surface area is 114 Å². The zero-order valence-corrected chi connectivity index (χ0v) is 11.2. The van der Waals surface area contributed by atoms with Gasteiger partial charge in [0.05, 0.1) is 7.11 Å². The van der Waals surface area contributed by atoms with Crippen LogP contribution in [0.15, 0.2) is 60.4 Å². The highest BCUT2D eigenvalue weighted by molar-refractivity contribution is 5.61. The number of allylic oxidation sites excluding steroid dienone is 2. The van der Waals surface area contributed by atoms with Gasteiger partial charge in [-0.25, -0.2) is 0 Å². The van der Waals surface area contributed by atoms with Crippen molar-refractivity contribution >= 4 is 12.2 Å². The molecule has 0 radical (unpaired) electrons.